The molecule has 18 heavy (non-hydrogen) atoms. The molecule has 0 radical (unpaired) electrons. The Balaban J connectivity index is 0.00000120. The lowest BCUT2D eigenvalue weighted by molar-refractivity contribution is 0.177. The molecule has 1 atom stereocenters. The van der Waals surface area contributed by atoms with Crippen LogP contribution < -0.4 is 5.32 Å². The zero-order chi connectivity index (χ0) is 11.8. The van der Waals surface area contributed by atoms with E-state index in [4.69, 9.17) is 4.74 Å². The molecule has 0 aliphatic carbocycles. The third-order valence-corrected chi connectivity index (χ3v) is 2.98. The van der Waals surface area contributed by atoms with Crippen LogP contribution in [-0.4, -0.2) is 17.8 Å². The lowest BCUT2D eigenvalue weighted by Crippen LogP contribution is -2.18. The van der Waals surface area contributed by atoms with E-state index in [1.807, 2.05) is 30.3 Å². The first kappa shape index (κ1) is 12.5. The second-order valence-electron chi connectivity index (χ2n) is 4.01. The molecular formula is C13H12ClNO3. The highest BCUT2D eigenvalue weighted by molar-refractivity contribution is 5.91. The molecule has 0 spiro atoms. The second-order valence-corrected chi connectivity index (χ2v) is 4.01. The van der Waals surface area contributed by atoms with E-state index >= 15 is 0 Å². The minimum Gasteiger partial charge on any atom is -0.507 e. The van der Waals surface area contributed by atoms with Crippen molar-refractivity contribution < 1.29 is 14.6 Å². The fourth-order valence-electron chi connectivity index (χ4n) is 2.16. The zero-order valence-corrected chi connectivity index (χ0v) is 10.2. The number of phenols is 1. The monoisotopic (exact) mass is 265 g/mol. The van der Waals surface area contributed by atoms with Crippen molar-refractivity contribution >= 4 is 29.3 Å². The number of hydrogen-bond donors (Lipinski definition) is 2. The van der Waals surface area contributed by atoms with Gasteiger partial charge >= 0.3 is 6.09 Å². The number of carbonyl (C=O) groups excluding carboxylic acids is 1. The van der Waals surface area contributed by atoms with Crippen LogP contribution in [0.15, 0.2) is 36.4 Å². The predicted molar refractivity (Wildman–Crippen MR) is 70.1 cm³/mol. The maximum Gasteiger partial charge on any atom is 0.407 e. The molecule has 0 saturated carbocycles. The van der Waals surface area contributed by atoms with Crippen LogP contribution in [-0.2, 0) is 4.74 Å². The van der Waals surface area contributed by atoms with Gasteiger partial charge in [-0.2, -0.15) is 0 Å². The quantitative estimate of drug-likeness (QED) is 0.834. The molecule has 0 bridgehead atoms. The minimum absolute atomic E-state index is 0. The van der Waals surface area contributed by atoms with E-state index in [1.165, 1.54) is 0 Å². The molecule has 1 aliphatic heterocycles. The highest BCUT2D eigenvalue weighted by Gasteiger charge is 2.25. The largest absolute Gasteiger partial charge is 0.507 e. The number of alkyl carbamates (subject to hydrolysis) is 1. The number of rotatable bonds is 1. The number of aromatic hydroxyl groups is 1. The summed E-state index contributed by atoms with van der Waals surface area (Å²) in [5, 5.41) is 14.2. The second kappa shape index (κ2) is 4.74. The Morgan fingerprint density at radius 3 is 2.56 bits per heavy atom. The van der Waals surface area contributed by atoms with Crippen LogP contribution in [0.5, 0.6) is 5.75 Å². The topological polar surface area (TPSA) is 58.6 Å². The van der Waals surface area contributed by atoms with Crippen molar-refractivity contribution in [3.05, 3.63) is 42.0 Å². The van der Waals surface area contributed by atoms with Gasteiger partial charge in [-0.3, -0.25) is 0 Å². The van der Waals surface area contributed by atoms with Crippen molar-refractivity contribution in [2.45, 2.75) is 6.04 Å². The number of carbonyl (C=O) groups is 1. The van der Waals surface area contributed by atoms with Gasteiger partial charge in [0.05, 0.1) is 6.04 Å². The highest BCUT2D eigenvalue weighted by Crippen LogP contribution is 2.31. The van der Waals surface area contributed by atoms with Crippen molar-refractivity contribution in [1.29, 1.82) is 0 Å². The van der Waals surface area contributed by atoms with Crippen molar-refractivity contribution in [2.24, 2.45) is 0 Å². The molecule has 94 valence electrons. The van der Waals surface area contributed by atoms with Gasteiger partial charge in [-0.05, 0) is 17.0 Å². The summed E-state index contributed by atoms with van der Waals surface area (Å²) in [6.07, 6.45) is -0.396. The van der Waals surface area contributed by atoms with Crippen LogP contribution in [0.3, 0.4) is 0 Å². The Morgan fingerprint density at radius 2 is 1.89 bits per heavy atom. The van der Waals surface area contributed by atoms with Gasteiger partial charge in [-0.25, -0.2) is 4.79 Å². The van der Waals surface area contributed by atoms with Gasteiger partial charge in [-0.15, -0.1) is 12.4 Å². The number of ether oxygens (including phenoxy) is 1. The molecule has 2 N–H and O–H groups in total. The van der Waals surface area contributed by atoms with Gasteiger partial charge in [0.1, 0.15) is 12.4 Å². The molecule has 2 aromatic carbocycles. The minimum atomic E-state index is -0.396. The Bertz CT molecular complexity index is 600. The van der Waals surface area contributed by atoms with Crippen LogP contribution in [0.25, 0.3) is 10.8 Å². The molecule has 2 aromatic rings. The lowest BCUT2D eigenvalue weighted by Gasteiger charge is -2.12. The summed E-state index contributed by atoms with van der Waals surface area (Å²) < 4.78 is 4.89. The molecule has 3 rings (SSSR count). The van der Waals surface area contributed by atoms with Crippen molar-refractivity contribution in [1.82, 2.24) is 5.32 Å². The van der Waals surface area contributed by atoms with Gasteiger partial charge in [0.2, 0.25) is 0 Å². The highest BCUT2D eigenvalue weighted by atomic mass is 35.5. The molecule has 1 aliphatic rings. The number of fused-ring (bicyclic) bond motifs is 1. The van der Waals surface area contributed by atoms with Gasteiger partial charge in [0, 0.05) is 5.39 Å². The summed E-state index contributed by atoms with van der Waals surface area (Å²) in [5.74, 6) is 0.245. The molecule has 0 unspecified atom stereocenters. The summed E-state index contributed by atoms with van der Waals surface area (Å²) in [6, 6.07) is 10.9. The Morgan fingerprint density at radius 1 is 1.17 bits per heavy atom. The van der Waals surface area contributed by atoms with E-state index in [0.717, 1.165) is 16.3 Å². The van der Waals surface area contributed by atoms with Crippen LogP contribution in [0.4, 0.5) is 4.79 Å². The summed E-state index contributed by atoms with van der Waals surface area (Å²) >= 11 is 0. The summed E-state index contributed by atoms with van der Waals surface area (Å²) in [6.45, 7) is 0.327. The maximum atomic E-state index is 11.0. The number of halogens is 1. The maximum absolute atomic E-state index is 11.0. The number of nitrogens with one attached hydrogen (secondary N) is 1. The van der Waals surface area contributed by atoms with Crippen LogP contribution >= 0.6 is 12.4 Å². The number of phenolic OH excluding ortho intramolecular Hbond substituents is 1. The number of amides is 1. The zero-order valence-electron chi connectivity index (χ0n) is 9.42. The smallest absolute Gasteiger partial charge is 0.407 e. The molecule has 5 heteroatoms. The van der Waals surface area contributed by atoms with Crippen molar-refractivity contribution in [3.63, 3.8) is 0 Å². The first-order chi connectivity index (χ1) is 8.25. The molecule has 1 fully saturated rings. The summed E-state index contributed by atoms with van der Waals surface area (Å²) in [4.78, 5) is 11.0. The number of hydrogen-bond acceptors (Lipinski definition) is 3. The van der Waals surface area contributed by atoms with Gasteiger partial charge in [0.25, 0.3) is 0 Å². The SMILES string of the molecule is Cl.O=C1N[C@@H](c2ccc(O)c3ccccc23)CO1. The lowest BCUT2D eigenvalue weighted by atomic mass is 9.99. The number of cyclic esters (lactones) is 1. The normalized spacial score (nSPS) is 18.0. The van der Waals surface area contributed by atoms with E-state index in [0.29, 0.717) is 6.61 Å². The summed E-state index contributed by atoms with van der Waals surface area (Å²) in [5.41, 5.74) is 0.962. The van der Waals surface area contributed by atoms with Gasteiger partial charge in [0.15, 0.2) is 0 Å². The molecule has 4 nitrogen and oxygen atoms in total. The Hall–Kier alpha value is -1.94. The van der Waals surface area contributed by atoms with Crippen LogP contribution in [0.2, 0.25) is 0 Å². The molecule has 1 heterocycles. The van der Waals surface area contributed by atoms with Crippen LogP contribution in [0.1, 0.15) is 11.6 Å². The van der Waals surface area contributed by atoms with E-state index in [-0.39, 0.29) is 24.2 Å². The fourth-order valence-corrected chi connectivity index (χ4v) is 2.16. The predicted octanol–water partition coefficient (Wildman–Crippen LogP) is 2.75. The van der Waals surface area contributed by atoms with E-state index in [9.17, 15) is 9.90 Å². The molecule has 0 aromatic heterocycles. The fraction of sp³-hybridized carbons (Fsp3) is 0.154. The van der Waals surface area contributed by atoms with Crippen molar-refractivity contribution in [2.75, 3.05) is 6.61 Å². The number of benzene rings is 2. The van der Waals surface area contributed by atoms with E-state index in [2.05, 4.69) is 5.32 Å². The molecule has 1 saturated heterocycles. The molecular weight excluding hydrogens is 254 g/mol. The first-order valence-corrected chi connectivity index (χ1v) is 5.39. The molecule has 1 amide bonds. The average Bonchev–Trinajstić information content (AvgIpc) is 2.77. The first-order valence-electron chi connectivity index (χ1n) is 5.39. The third kappa shape index (κ3) is 1.95. The standard InChI is InChI=1S/C13H11NO3.ClH/c15-12-6-5-9(11-7-17-13(16)14-11)8-3-1-2-4-10(8)12;/h1-6,11,15H,7H2,(H,14,16);1H/t11-;/m1./s1. The summed E-state index contributed by atoms with van der Waals surface area (Å²) in [7, 11) is 0. The van der Waals surface area contributed by atoms with Crippen molar-refractivity contribution in [3.8, 4) is 5.75 Å². The van der Waals surface area contributed by atoms with E-state index < -0.39 is 6.09 Å². The average molecular weight is 266 g/mol. The van der Waals surface area contributed by atoms with Gasteiger partial charge < -0.3 is 15.2 Å². The Kier molecular flexibility index (Phi) is 3.30. The van der Waals surface area contributed by atoms with Gasteiger partial charge in [-0.1, -0.05) is 30.3 Å². The third-order valence-electron chi connectivity index (χ3n) is 2.98. The Labute approximate surface area is 110 Å². The van der Waals surface area contributed by atoms with E-state index in [1.54, 1.807) is 6.07 Å². The van der Waals surface area contributed by atoms with Crippen LogP contribution in [0, 0.1) is 0 Å².